The van der Waals surface area contributed by atoms with Crippen LogP contribution >= 0.6 is 15.9 Å². The molecule has 1 N–H and O–H groups in total. The number of nitrogens with one attached hydrogen (secondary N) is 1. The standard InChI is InChI=1S/C15H20BrNO/c1-11-7-8-13(16)9-14(11)15(18)17-10-12-5-3-2-4-6-12/h7-9,12H,2-6,10H2,1H3,(H,17,18). The van der Waals surface area contributed by atoms with Gasteiger partial charge in [-0.05, 0) is 43.4 Å². The summed E-state index contributed by atoms with van der Waals surface area (Å²) >= 11 is 3.41. The van der Waals surface area contributed by atoms with Crippen LogP contribution in [0.2, 0.25) is 0 Å². The van der Waals surface area contributed by atoms with Crippen molar-refractivity contribution >= 4 is 21.8 Å². The van der Waals surface area contributed by atoms with Crippen molar-refractivity contribution in [3.8, 4) is 0 Å². The first kappa shape index (κ1) is 13.6. The van der Waals surface area contributed by atoms with Gasteiger partial charge in [0.1, 0.15) is 0 Å². The highest BCUT2D eigenvalue weighted by atomic mass is 79.9. The lowest BCUT2D eigenvalue weighted by molar-refractivity contribution is 0.0943. The van der Waals surface area contributed by atoms with Gasteiger partial charge in [0.15, 0.2) is 0 Å². The lowest BCUT2D eigenvalue weighted by atomic mass is 9.89. The summed E-state index contributed by atoms with van der Waals surface area (Å²) < 4.78 is 0.955. The zero-order valence-electron chi connectivity index (χ0n) is 10.8. The third-order valence-corrected chi connectivity index (χ3v) is 4.21. The number of carbonyl (C=O) groups is 1. The van der Waals surface area contributed by atoms with Gasteiger partial charge in [-0.15, -0.1) is 0 Å². The largest absolute Gasteiger partial charge is 0.352 e. The SMILES string of the molecule is Cc1ccc(Br)cc1C(=O)NCC1CCCCC1. The lowest BCUT2D eigenvalue weighted by Crippen LogP contribution is -2.30. The molecule has 2 nitrogen and oxygen atoms in total. The van der Waals surface area contributed by atoms with Crippen LogP contribution in [0.4, 0.5) is 0 Å². The van der Waals surface area contributed by atoms with Crippen LogP contribution in [0, 0.1) is 12.8 Å². The molecular formula is C15H20BrNO. The molecule has 0 aromatic heterocycles. The minimum Gasteiger partial charge on any atom is -0.352 e. The first-order valence-electron chi connectivity index (χ1n) is 6.71. The highest BCUT2D eigenvalue weighted by molar-refractivity contribution is 9.10. The first-order valence-corrected chi connectivity index (χ1v) is 7.50. The van der Waals surface area contributed by atoms with Crippen molar-refractivity contribution in [2.45, 2.75) is 39.0 Å². The third-order valence-electron chi connectivity index (χ3n) is 3.72. The van der Waals surface area contributed by atoms with E-state index in [0.717, 1.165) is 22.1 Å². The Hall–Kier alpha value is -0.830. The molecule has 1 saturated carbocycles. The Bertz CT molecular complexity index is 425. The topological polar surface area (TPSA) is 29.1 Å². The Balaban J connectivity index is 1.92. The molecule has 1 aliphatic rings. The van der Waals surface area contributed by atoms with Crippen molar-refractivity contribution in [2.24, 2.45) is 5.92 Å². The zero-order valence-corrected chi connectivity index (χ0v) is 12.4. The summed E-state index contributed by atoms with van der Waals surface area (Å²) in [5.41, 5.74) is 1.81. The van der Waals surface area contributed by atoms with E-state index in [0.29, 0.717) is 5.92 Å². The van der Waals surface area contributed by atoms with Gasteiger partial charge < -0.3 is 5.32 Å². The van der Waals surface area contributed by atoms with Crippen LogP contribution in [0.1, 0.15) is 48.0 Å². The van der Waals surface area contributed by atoms with Gasteiger partial charge >= 0.3 is 0 Å². The van der Waals surface area contributed by atoms with Crippen molar-refractivity contribution in [3.05, 3.63) is 33.8 Å². The second-order valence-electron chi connectivity index (χ2n) is 5.17. The summed E-state index contributed by atoms with van der Waals surface area (Å²) in [7, 11) is 0. The van der Waals surface area contributed by atoms with Crippen molar-refractivity contribution in [2.75, 3.05) is 6.54 Å². The van der Waals surface area contributed by atoms with E-state index in [4.69, 9.17) is 0 Å². The number of hydrogen-bond donors (Lipinski definition) is 1. The average Bonchev–Trinajstić information content (AvgIpc) is 2.40. The first-order chi connectivity index (χ1) is 8.66. The molecule has 1 fully saturated rings. The molecule has 1 aromatic carbocycles. The maximum atomic E-state index is 12.1. The summed E-state index contributed by atoms with van der Waals surface area (Å²) in [6.45, 7) is 2.80. The van der Waals surface area contributed by atoms with Gasteiger partial charge in [0.25, 0.3) is 5.91 Å². The smallest absolute Gasteiger partial charge is 0.251 e. The molecule has 3 heteroatoms. The summed E-state index contributed by atoms with van der Waals surface area (Å²) in [6, 6.07) is 5.83. The second kappa shape index (κ2) is 6.37. The summed E-state index contributed by atoms with van der Waals surface area (Å²) in [5, 5.41) is 3.08. The molecule has 98 valence electrons. The lowest BCUT2D eigenvalue weighted by Gasteiger charge is -2.21. The molecule has 1 aliphatic carbocycles. The van der Waals surface area contributed by atoms with E-state index in [1.807, 2.05) is 25.1 Å². The van der Waals surface area contributed by atoms with Crippen LogP contribution in [-0.2, 0) is 0 Å². The third kappa shape index (κ3) is 3.58. The quantitative estimate of drug-likeness (QED) is 0.896. The van der Waals surface area contributed by atoms with Gasteiger partial charge in [-0.25, -0.2) is 0 Å². The molecule has 0 saturated heterocycles. The molecule has 1 amide bonds. The minimum absolute atomic E-state index is 0.0550. The summed E-state index contributed by atoms with van der Waals surface area (Å²) in [6.07, 6.45) is 6.51. The molecule has 0 heterocycles. The van der Waals surface area contributed by atoms with E-state index in [1.54, 1.807) is 0 Å². The van der Waals surface area contributed by atoms with Crippen molar-refractivity contribution in [1.29, 1.82) is 0 Å². The Kier molecular flexibility index (Phi) is 4.81. The number of halogens is 1. The van der Waals surface area contributed by atoms with Gasteiger partial charge in [-0.3, -0.25) is 4.79 Å². The number of amides is 1. The molecule has 1 aromatic rings. The number of benzene rings is 1. The molecule has 0 bridgehead atoms. The number of rotatable bonds is 3. The van der Waals surface area contributed by atoms with Crippen LogP contribution < -0.4 is 5.32 Å². The van der Waals surface area contributed by atoms with Gasteiger partial charge in [0.05, 0.1) is 0 Å². The van der Waals surface area contributed by atoms with E-state index in [1.165, 1.54) is 32.1 Å². The molecule has 0 atom stereocenters. The predicted octanol–water partition coefficient (Wildman–Crippen LogP) is 4.07. The fraction of sp³-hybridized carbons (Fsp3) is 0.533. The Labute approximate surface area is 117 Å². The zero-order chi connectivity index (χ0) is 13.0. The van der Waals surface area contributed by atoms with E-state index in [9.17, 15) is 4.79 Å². The van der Waals surface area contributed by atoms with Gasteiger partial charge in [-0.1, -0.05) is 41.3 Å². The maximum absolute atomic E-state index is 12.1. The molecule has 18 heavy (non-hydrogen) atoms. The molecule has 0 unspecified atom stereocenters. The van der Waals surface area contributed by atoms with Gasteiger partial charge in [0.2, 0.25) is 0 Å². The minimum atomic E-state index is 0.0550. The molecule has 0 spiro atoms. The predicted molar refractivity (Wildman–Crippen MR) is 77.8 cm³/mol. The van der Waals surface area contributed by atoms with Gasteiger partial charge in [-0.2, -0.15) is 0 Å². The highest BCUT2D eigenvalue weighted by Gasteiger charge is 2.15. The molecule has 0 radical (unpaired) electrons. The molecule has 2 rings (SSSR count). The summed E-state index contributed by atoms with van der Waals surface area (Å²) in [4.78, 5) is 12.1. The fourth-order valence-corrected chi connectivity index (χ4v) is 2.92. The second-order valence-corrected chi connectivity index (χ2v) is 6.09. The fourth-order valence-electron chi connectivity index (χ4n) is 2.56. The normalized spacial score (nSPS) is 16.6. The molecular weight excluding hydrogens is 290 g/mol. The Morgan fingerprint density at radius 2 is 2.06 bits per heavy atom. The Morgan fingerprint density at radius 3 is 2.78 bits per heavy atom. The van der Waals surface area contributed by atoms with Crippen LogP contribution in [0.15, 0.2) is 22.7 Å². The highest BCUT2D eigenvalue weighted by Crippen LogP contribution is 2.23. The number of hydrogen-bond acceptors (Lipinski definition) is 1. The maximum Gasteiger partial charge on any atom is 0.251 e. The van der Waals surface area contributed by atoms with E-state index in [2.05, 4.69) is 21.2 Å². The van der Waals surface area contributed by atoms with E-state index in [-0.39, 0.29) is 5.91 Å². The van der Waals surface area contributed by atoms with Crippen LogP contribution in [0.25, 0.3) is 0 Å². The van der Waals surface area contributed by atoms with Gasteiger partial charge in [0, 0.05) is 16.6 Å². The van der Waals surface area contributed by atoms with Crippen LogP contribution in [0.5, 0.6) is 0 Å². The summed E-state index contributed by atoms with van der Waals surface area (Å²) in [5.74, 6) is 0.731. The Morgan fingerprint density at radius 1 is 1.33 bits per heavy atom. The average molecular weight is 310 g/mol. The van der Waals surface area contributed by atoms with Crippen LogP contribution in [-0.4, -0.2) is 12.5 Å². The molecule has 0 aliphatic heterocycles. The van der Waals surface area contributed by atoms with Crippen molar-refractivity contribution in [3.63, 3.8) is 0 Å². The van der Waals surface area contributed by atoms with Crippen molar-refractivity contribution in [1.82, 2.24) is 5.32 Å². The number of carbonyl (C=O) groups excluding carboxylic acids is 1. The van der Waals surface area contributed by atoms with E-state index < -0.39 is 0 Å². The number of aryl methyl sites for hydroxylation is 1. The van der Waals surface area contributed by atoms with Crippen molar-refractivity contribution < 1.29 is 4.79 Å². The van der Waals surface area contributed by atoms with E-state index >= 15 is 0 Å². The van der Waals surface area contributed by atoms with Crippen LogP contribution in [0.3, 0.4) is 0 Å². The monoisotopic (exact) mass is 309 g/mol.